The zero-order valence-electron chi connectivity index (χ0n) is 15.5. The molecule has 2 aromatic rings. The molecule has 1 N–H and O–H groups in total. The van der Waals surface area contributed by atoms with E-state index >= 15 is 0 Å². The fraction of sp³-hybridized carbons (Fsp3) is 0.318. The number of alkyl halides is 3. The van der Waals surface area contributed by atoms with Crippen LogP contribution in [0.3, 0.4) is 0 Å². The predicted octanol–water partition coefficient (Wildman–Crippen LogP) is 5.23. The number of rotatable bonds is 3. The highest BCUT2D eigenvalue weighted by Gasteiger charge is 2.65. The Kier molecular flexibility index (Phi) is 5.25. The van der Waals surface area contributed by atoms with E-state index in [0.29, 0.717) is 12.8 Å². The maximum Gasteiger partial charge on any atom is 0.412 e. The zero-order valence-corrected chi connectivity index (χ0v) is 16.3. The van der Waals surface area contributed by atoms with E-state index < -0.39 is 36.0 Å². The molecule has 3 nitrogen and oxygen atoms in total. The van der Waals surface area contributed by atoms with Crippen LogP contribution in [0, 0.1) is 23.6 Å². The molecule has 2 atom stereocenters. The molecule has 0 radical (unpaired) electrons. The number of carbonyl (C=O) groups excluding carboxylic acids is 1. The molecule has 30 heavy (non-hydrogen) atoms. The summed E-state index contributed by atoms with van der Waals surface area (Å²) in [5.41, 5.74) is -3.21. The van der Waals surface area contributed by atoms with E-state index in [2.05, 4.69) is 17.2 Å². The molecule has 0 unspecified atom stereocenters. The van der Waals surface area contributed by atoms with Gasteiger partial charge in [0.1, 0.15) is 5.82 Å². The summed E-state index contributed by atoms with van der Waals surface area (Å²) in [6.45, 7) is -0.524. The van der Waals surface area contributed by atoms with Gasteiger partial charge < -0.3 is 10.1 Å². The molecule has 4 rings (SSSR count). The second-order valence-corrected chi connectivity index (χ2v) is 7.75. The van der Waals surface area contributed by atoms with Crippen molar-refractivity contribution >= 4 is 23.2 Å². The van der Waals surface area contributed by atoms with E-state index in [1.54, 1.807) is 0 Å². The Labute approximate surface area is 175 Å². The first-order valence-corrected chi connectivity index (χ1v) is 9.65. The van der Waals surface area contributed by atoms with Crippen molar-refractivity contribution in [3.05, 3.63) is 64.4 Å². The minimum Gasteiger partial charge on any atom is -0.361 e. The molecule has 1 saturated carbocycles. The van der Waals surface area contributed by atoms with E-state index in [0.717, 1.165) is 6.07 Å². The lowest BCUT2D eigenvalue weighted by molar-refractivity contribution is -0.208. The van der Waals surface area contributed by atoms with Gasteiger partial charge in [0.15, 0.2) is 11.5 Å². The molecule has 2 aromatic carbocycles. The van der Waals surface area contributed by atoms with Gasteiger partial charge in [0, 0.05) is 27.8 Å². The third kappa shape index (κ3) is 3.66. The Hall–Kier alpha value is -2.56. The number of ether oxygens (including phenoxy) is 1. The third-order valence-electron chi connectivity index (χ3n) is 5.16. The van der Waals surface area contributed by atoms with Crippen molar-refractivity contribution in [3.8, 4) is 11.8 Å². The molecule has 0 saturated heterocycles. The summed E-state index contributed by atoms with van der Waals surface area (Å²) in [6.07, 6.45) is -5.58. The molecule has 8 heteroatoms. The fourth-order valence-corrected chi connectivity index (χ4v) is 3.60. The van der Waals surface area contributed by atoms with Crippen molar-refractivity contribution in [1.82, 2.24) is 0 Å². The van der Waals surface area contributed by atoms with Crippen LogP contribution < -0.4 is 5.32 Å². The topological polar surface area (TPSA) is 38.3 Å². The molecule has 1 heterocycles. The monoisotopic (exact) mass is 437 g/mol. The predicted molar refractivity (Wildman–Crippen MR) is 103 cm³/mol. The molecule has 2 aliphatic rings. The molecule has 1 aliphatic heterocycles. The van der Waals surface area contributed by atoms with Crippen molar-refractivity contribution in [2.24, 2.45) is 5.92 Å². The zero-order chi connectivity index (χ0) is 21.5. The second-order valence-electron chi connectivity index (χ2n) is 7.31. The summed E-state index contributed by atoms with van der Waals surface area (Å²) in [5, 5.41) is 2.50. The Morgan fingerprint density at radius 3 is 2.60 bits per heavy atom. The number of nitrogens with one attached hydrogen (secondary N) is 1. The van der Waals surface area contributed by atoms with Crippen LogP contribution in [-0.2, 0) is 21.6 Å². The lowest BCUT2D eigenvalue weighted by atomic mass is 9.71. The van der Waals surface area contributed by atoms with E-state index in [9.17, 15) is 22.4 Å². The minimum atomic E-state index is -4.95. The summed E-state index contributed by atoms with van der Waals surface area (Å²) >= 11 is 5.99. The van der Waals surface area contributed by atoms with Gasteiger partial charge in [-0.1, -0.05) is 41.6 Å². The first-order chi connectivity index (χ1) is 14.2. The van der Waals surface area contributed by atoms with Crippen molar-refractivity contribution in [2.45, 2.75) is 37.1 Å². The van der Waals surface area contributed by atoms with E-state index in [4.69, 9.17) is 16.3 Å². The van der Waals surface area contributed by atoms with Gasteiger partial charge in [-0.2, -0.15) is 13.2 Å². The number of hydrogen-bond donors (Lipinski definition) is 1. The van der Waals surface area contributed by atoms with Gasteiger partial charge in [-0.15, -0.1) is 0 Å². The highest BCUT2D eigenvalue weighted by atomic mass is 35.5. The first kappa shape index (κ1) is 20.7. The molecule has 1 fully saturated rings. The number of amides is 1. The van der Waals surface area contributed by atoms with Gasteiger partial charge in [-0.05, 0) is 37.1 Å². The summed E-state index contributed by atoms with van der Waals surface area (Å²) in [5.74, 6) is 3.20. The highest BCUT2D eigenvalue weighted by molar-refractivity contribution is 6.30. The number of carbonyl (C=O) groups is 1. The van der Waals surface area contributed by atoms with Crippen LogP contribution >= 0.6 is 11.6 Å². The van der Waals surface area contributed by atoms with Crippen LogP contribution in [-0.4, -0.2) is 18.2 Å². The fourth-order valence-electron chi connectivity index (χ4n) is 3.43. The Morgan fingerprint density at radius 2 is 1.93 bits per heavy atom. The summed E-state index contributed by atoms with van der Waals surface area (Å²) in [4.78, 5) is 12.7. The van der Waals surface area contributed by atoms with Crippen molar-refractivity contribution in [2.75, 3.05) is 5.32 Å². The van der Waals surface area contributed by atoms with Gasteiger partial charge in [0.25, 0.3) is 5.91 Å². The highest BCUT2D eigenvalue weighted by Crippen LogP contribution is 2.51. The Bertz CT molecular complexity index is 1060. The summed E-state index contributed by atoms with van der Waals surface area (Å²) < 4.78 is 63.3. The van der Waals surface area contributed by atoms with Crippen molar-refractivity contribution in [1.29, 1.82) is 0 Å². The van der Waals surface area contributed by atoms with Crippen molar-refractivity contribution < 1.29 is 27.1 Å². The van der Waals surface area contributed by atoms with Gasteiger partial charge in [-0.3, -0.25) is 4.79 Å². The minimum absolute atomic E-state index is 0.0300. The van der Waals surface area contributed by atoms with Crippen molar-refractivity contribution in [3.63, 3.8) is 0 Å². The number of fused-ring (bicyclic) bond motifs is 1. The maximum atomic E-state index is 14.6. The molecule has 1 amide bonds. The van der Waals surface area contributed by atoms with Gasteiger partial charge in [0.2, 0.25) is 0 Å². The molecule has 1 aliphatic carbocycles. The quantitative estimate of drug-likeness (QED) is 0.527. The normalized spacial score (nSPS) is 23.2. The van der Waals surface area contributed by atoms with Gasteiger partial charge in [0.05, 0.1) is 6.61 Å². The molecular weight excluding hydrogens is 422 g/mol. The number of anilines is 1. The first-order valence-electron chi connectivity index (χ1n) is 9.27. The molecule has 0 aromatic heterocycles. The summed E-state index contributed by atoms with van der Waals surface area (Å²) in [6, 6.07) is 9.36. The summed E-state index contributed by atoms with van der Waals surface area (Å²) in [7, 11) is 0. The van der Waals surface area contributed by atoms with Crippen LogP contribution in [0.2, 0.25) is 5.02 Å². The smallest absolute Gasteiger partial charge is 0.361 e. The molecule has 156 valence electrons. The Morgan fingerprint density at radius 1 is 1.20 bits per heavy atom. The average Bonchev–Trinajstić information content (AvgIpc) is 3.50. The lowest BCUT2D eigenvalue weighted by Crippen LogP contribution is -2.59. The molecule has 0 bridgehead atoms. The molecule has 0 spiro atoms. The van der Waals surface area contributed by atoms with Gasteiger partial charge in [-0.25, -0.2) is 4.39 Å². The number of benzene rings is 2. The van der Waals surface area contributed by atoms with Crippen LogP contribution in [0.1, 0.15) is 24.0 Å². The Balaban J connectivity index is 1.84. The average molecular weight is 438 g/mol. The number of hydrogen-bond acceptors (Lipinski definition) is 2. The number of halogens is 5. The molecular formula is C22H16ClF4NO2. The van der Waals surface area contributed by atoms with Crippen LogP contribution in [0.5, 0.6) is 0 Å². The van der Waals surface area contributed by atoms with E-state index in [1.165, 1.54) is 36.4 Å². The second kappa shape index (κ2) is 7.60. The van der Waals surface area contributed by atoms with Gasteiger partial charge >= 0.3 is 6.18 Å². The maximum absolute atomic E-state index is 14.6. The van der Waals surface area contributed by atoms with Crippen LogP contribution in [0.4, 0.5) is 23.2 Å². The van der Waals surface area contributed by atoms with Crippen LogP contribution in [0.25, 0.3) is 0 Å². The van der Waals surface area contributed by atoms with Crippen LogP contribution in [0.15, 0.2) is 42.5 Å². The van der Waals surface area contributed by atoms with E-state index in [1.807, 2.05) is 0 Å². The largest absolute Gasteiger partial charge is 0.412 e. The lowest BCUT2D eigenvalue weighted by Gasteiger charge is -2.41. The standard InChI is InChI=1S/C22H16ClF4NO2/c23-15-7-8-18-16(11-15)21(22(25,26)27,10-9-13-5-6-13)19(20(29)28-18)30-12-14-3-1-2-4-17(14)24/h1-4,7-8,11,13,19H,5-6,12H2,(H,28,29)/t19-,21+/m0/s1. The third-order valence-corrected chi connectivity index (χ3v) is 5.39. The van der Waals surface area contributed by atoms with E-state index in [-0.39, 0.29) is 27.8 Å². The SMILES string of the molecule is O=C1Nc2ccc(Cl)cc2[C@@](C#CC2CC2)(C(F)(F)F)[C@H]1OCc1ccccc1F.